The normalized spacial score (nSPS) is 15.8. The predicted octanol–water partition coefficient (Wildman–Crippen LogP) is 2.82. The number of amides is 2. The van der Waals surface area contributed by atoms with Gasteiger partial charge in [0.15, 0.2) is 5.69 Å². The fraction of sp³-hybridized carbons (Fsp3) is 0.429. The number of aliphatic carboxylic acids is 1. The summed E-state index contributed by atoms with van der Waals surface area (Å²) < 4.78 is 55.1. The highest BCUT2D eigenvalue weighted by Crippen LogP contribution is 2.31. The summed E-state index contributed by atoms with van der Waals surface area (Å²) in [7, 11) is 0. The lowest BCUT2D eigenvalue weighted by molar-refractivity contribution is -0.156. The van der Waals surface area contributed by atoms with Crippen LogP contribution < -0.4 is 5.32 Å². The third-order valence-corrected chi connectivity index (χ3v) is 5.39. The molecule has 178 valence electrons. The van der Waals surface area contributed by atoms with Crippen LogP contribution in [0.15, 0.2) is 36.5 Å². The first-order valence-corrected chi connectivity index (χ1v) is 10.2. The average molecular weight is 470 g/mol. The summed E-state index contributed by atoms with van der Waals surface area (Å²) in [6, 6.07) is 8.03. The van der Waals surface area contributed by atoms with Gasteiger partial charge in [-0.1, -0.05) is 18.2 Å². The summed E-state index contributed by atoms with van der Waals surface area (Å²) in [4.78, 5) is 36.9. The fourth-order valence-corrected chi connectivity index (χ4v) is 3.48. The number of alkyl halides is 4. The number of para-hydroxylation sites is 1. The van der Waals surface area contributed by atoms with Crippen LogP contribution >= 0.6 is 0 Å². The Morgan fingerprint density at radius 1 is 1.12 bits per heavy atom. The van der Waals surface area contributed by atoms with E-state index < -0.39 is 35.0 Å². The number of halogens is 4. The Kier molecular flexibility index (Phi) is 7.04. The molecule has 1 fully saturated rings. The fourth-order valence-electron chi connectivity index (χ4n) is 3.48. The highest BCUT2D eigenvalue weighted by Gasteiger charge is 2.42. The van der Waals surface area contributed by atoms with E-state index in [4.69, 9.17) is 5.11 Å². The Bertz CT molecular complexity index is 1020. The SMILES string of the molecule is O=C(NCCCC(=O)N1CCC(F)(C(=O)O)CC1)c1cn(-c2ccccc2)nc1C(F)(F)F. The number of carboxylic acid groups (broad SMARTS) is 1. The standard InChI is InChI=1S/C21H22F4N4O4/c22-20(19(32)33)8-11-28(12-9-20)16(30)7-4-10-26-18(31)15-13-29(14-5-2-1-3-6-14)27-17(15)21(23,24)25/h1-3,5-6,13H,4,7-12H2,(H,26,31)(H,32,33). The Hall–Kier alpha value is -3.44. The van der Waals surface area contributed by atoms with Gasteiger partial charge in [-0.15, -0.1) is 0 Å². The van der Waals surface area contributed by atoms with Gasteiger partial charge in [0.1, 0.15) is 0 Å². The van der Waals surface area contributed by atoms with E-state index in [1.807, 2.05) is 0 Å². The first-order valence-electron chi connectivity index (χ1n) is 10.2. The number of hydrogen-bond donors (Lipinski definition) is 2. The Morgan fingerprint density at radius 2 is 1.76 bits per heavy atom. The van der Waals surface area contributed by atoms with Gasteiger partial charge >= 0.3 is 12.1 Å². The third kappa shape index (κ3) is 5.68. The number of aromatic nitrogens is 2. The Balaban J connectivity index is 1.54. The van der Waals surface area contributed by atoms with Gasteiger partial charge in [-0.2, -0.15) is 18.3 Å². The molecule has 12 heteroatoms. The predicted molar refractivity (Wildman–Crippen MR) is 107 cm³/mol. The van der Waals surface area contributed by atoms with Gasteiger partial charge in [0.2, 0.25) is 11.6 Å². The quantitative estimate of drug-likeness (QED) is 0.479. The molecule has 0 aliphatic carbocycles. The minimum absolute atomic E-state index is 0.0258. The van der Waals surface area contributed by atoms with Crippen molar-refractivity contribution < 1.29 is 37.1 Å². The van der Waals surface area contributed by atoms with Crippen LogP contribution in [0.4, 0.5) is 17.6 Å². The van der Waals surface area contributed by atoms with E-state index in [1.165, 1.54) is 4.90 Å². The number of carboxylic acids is 1. The molecule has 2 amide bonds. The van der Waals surface area contributed by atoms with E-state index in [-0.39, 0.29) is 51.2 Å². The van der Waals surface area contributed by atoms with Gasteiger partial charge < -0.3 is 15.3 Å². The maximum atomic E-state index is 14.0. The van der Waals surface area contributed by atoms with Crippen molar-refractivity contribution in [2.24, 2.45) is 0 Å². The molecule has 3 rings (SSSR count). The van der Waals surface area contributed by atoms with Crippen molar-refractivity contribution in [2.75, 3.05) is 19.6 Å². The van der Waals surface area contributed by atoms with Crippen LogP contribution in [0.3, 0.4) is 0 Å². The second-order valence-electron chi connectivity index (χ2n) is 7.68. The molecule has 0 unspecified atom stereocenters. The van der Waals surface area contributed by atoms with Crippen molar-refractivity contribution in [1.29, 1.82) is 0 Å². The third-order valence-electron chi connectivity index (χ3n) is 5.39. The second-order valence-corrected chi connectivity index (χ2v) is 7.68. The summed E-state index contributed by atoms with van der Waals surface area (Å²) in [5.74, 6) is -2.87. The zero-order valence-electron chi connectivity index (χ0n) is 17.4. The van der Waals surface area contributed by atoms with Crippen LogP contribution in [0.1, 0.15) is 41.7 Å². The van der Waals surface area contributed by atoms with Gasteiger partial charge in [-0.3, -0.25) is 9.59 Å². The van der Waals surface area contributed by atoms with Crippen LogP contribution in [0.25, 0.3) is 5.69 Å². The van der Waals surface area contributed by atoms with Gasteiger partial charge in [-0.25, -0.2) is 13.9 Å². The number of carbonyl (C=O) groups is 3. The minimum atomic E-state index is -4.83. The average Bonchev–Trinajstić information content (AvgIpc) is 3.24. The summed E-state index contributed by atoms with van der Waals surface area (Å²) in [6.45, 7) is -0.141. The van der Waals surface area contributed by atoms with Crippen LogP contribution in [0, 0.1) is 0 Å². The summed E-state index contributed by atoms with van der Waals surface area (Å²) in [6.07, 6.45) is -4.33. The largest absolute Gasteiger partial charge is 0.479 e. The molecule has 33 heavy (non-hydrogen) atoms. The van der Waals surface area contributed by atoms with Crippen LogP contribution in [-0.4, -0.2) is 62.9 Å². The van der Waals surface area contributed by atoms with E-state index in [2.05, 4.69) is 10.4 Å². The first kappa shape index (κ1) is 24.2. The molecule has 1 aromatic heterocycles. The molecule has 0 bridgehead atoms. The number of likely N-dealkylation sites (tertiary alicyclic amines) is 1. The van der Waals surface area contributed by atoms with Crippen molar-refractivity contribution in [1.82, 2.24) is 20.0 Å². The van der Waals surface area contributed by atoms with Gasteiger partial charge in [0, 0.05) is 45.1 Å². The topological polar surface area (TPSA) is 105 Å². The van der Waals surface area contributed by atoms with E-state index >= 15 is 0 Å². The molecule has 2 heterocycles. The van der Waals surface area contributed by atoms with E-state index in [0.29, 0.717) is 5.69 Å². The van der Waals surface area contributed by atoms with E-state index in [1.54, 1.807) is 30.3 Å². The highest BCUT2D eigenvalue weighted by atomic mass is 19.4. The maximum Gasteiger partial charge on any atom is 0.435 e. The molecule has 2 N–H and O–H groups in total. The molecule has 1 saturated heterocycles. The van der Waals surface area contributed by atoms with Crippen LogP contribution in [-0.2, 0) is 15.8 Å². The molecule has 0 radical (unpaired) electrons. The lowest BCUT2D eigenvalue weighted by atomic mass is 9.93. The smallest absolute Gasteiger partial charge is 0.435 e. The van der Waals surface area contributed by atoms with Crippen molar-refractivity contribution in [3.8, 4) is 5.69 Å². The molecular formula is C21H22F4N4O4. The number of nitrogens with zero attached hydrogens (tertiary/aromatic N) is 3. The van der Waals surface area contributed by atoms with Crippen molar-refractivity contribution in [3.63, 3.8) is 0 Å². The summed E-state index contributed by atoms with van der Waals surface area (Å²) in [5, 5.41) is 14.8. The number of hydrogen-bond acceptors (Lipinski definition) is 4. The van der Waals surface area contributed by atoms with E-state index in [0.717, 1.165) is 10.9 Å². The first-order chi connectivity index (χ1) is 15.5. The molecule has 1 aliphatic rings. The molecular weight excluding hydrogens is 448 g/mol. The zero-order valence-corrected chi connectivity index (χ0v) is 17.4. The number of benzene rings is 1. The Morgan fingerprint density at radius 3 is 2.33 bits per heavy atom. The minimum Gasteiger partial charge on any atom is -0.479 e. The lowest BCUT2D eigenvalue weighted by Gasteiger charge is -2.33. The zero-order chi connectivity index (χ0) is 24.2. The van der Waals surface area contributed by atoms with Crippen molar-refractivity contribution >= 4 is 17.8 Å². The number of piperidine rings is 1. The van der Waals surface area contributed by atoms with Crippen LogP contribution in [0.5, 0.6) is 0 Å². The molecule has 0 atom stereocenters. The molecule has 0 saturated carbocycles. The molecule has 1 aliphatic heterocycles. The van der Waals surface area contributed by atoms with Gasteiger partial charge in [0.25, 0.3) is 5.91 Å². The summed E-state index contributed by atoms with van der Waals surface area (Å²) >= 11 is 0. The molecule has 1 aromatic carbocycles. The van der Waals surface area contributed by atoms with Crippen molar-refractivity contribution in [3.05, 3.63) is 47.8 Å². The van der Waals surface area contributed by atoms with Gasteiger partial charge in [0.05, 0.1) is 11.3 Å². The molecule has 8 nitrogen and oxygen atoms in total. The maximum absolute atomic E-state index is 14.0. The van der Waals surface area contributed by atoms with E-state index in [9.17, 15) is 31.9 Å². The molecule has 0 spiro atoms. The second kappa shape index (κ2) is 9.59. The number of carbonyl (C=O) groups excluding carboxylic acids is 2. The molecule has 2 aromatic rings. The Labute approximate surface area is 186 Å². The highest BCUT2D eigenvalue weighted by molar-refractivity contribution is 5.95. The monoisotopic (exact) mass is 470 g/mol. The number of rotatable bonds is 7. The summed E-state index contributed by atoms with van der Waals surface area (Å²) in [5.41, 5.74) is -3.94. The van der Waals surface area contributed by atoms with Crippen molar-refractivity contribution in [2.45, 2.75) is 37.5 Å². The number of nitrogens with one attached hydrogen (secondary N) is 1. The lowest BCUT2D eigenvalue weighted by Crippen LogP contribution is -2.48. The van der Waals surface area contributed by atoms with Crippen LogP contribution in [0.2, 0.25) is 0 Å². The van der Waals surface area contributed by atoms with Gasteiger partial charge in [-0.05, 0) is 18.6 Å².